The van der Waals surface area contributed by atoms with E-state index in [2.05, 4.69) is 9.97 Å². The van der Waals surface area contributed by atoms with Gasteiger partial charge in [-0.05, 0) is 41.5 Å². The Balaban J connectivity index is 1.86. The van der Waals surface area contributed by atoms with E-state index < -0.39 is 0 Å². The normalized spacial score (nSPS) is 10.2. The standard InChI is InChI=1S/C16H11ClN2O/c17-14-4-5-16(19-11-14)20-15-3-1-2-13(10-15)12-6-8-18-9-7-12/h1-11H. The van der Waals surface area contributed by atoms with Crippen molar-refractivity contribution >= 4 is 11.6 Å². The van der Waals surface area contributed by atoms with E-state index in [0.717, 1.165) is 16.9 Å². The summed E-state index contributed by atoms with van der Waals surface area (Å²) in [4.78, 5) is 8.13. The summed E-state index contributed by atoms with van der Waals surface area (Å²) in [5, 5.41) is 0.586. The Morgan fingerprint density at radius 3 is 2.50 bits per heavy atom. The molecule has 2 aromatic heterocycles. The van der Waals surface area contributed by atoms with Crippen LogP contribution in [-0.2, 0) is 0 Å². The minimum Gasteiger partial charge on any atom is -0.439 e. The van der Waals surface area contributed by atoms with Gasteiger partial charge in [0.05, 0.1) is 5.02 Å². The van der Waals surface area contributed by atoms with Crippen molar-refractivity contribution in [2.24, 2.45) is 0 Å². The van der Waals surface area contributed by atoms with Crippen LogP contribution in [0.3, 0.4) is 0 Å². The highest BCUT2D eigenvalue weighted by atomic mass is 35.5. The monoisotopic (exact) mass is 282 g/mol. The molecule has 3 aromatic rings. The van der Waals surface area contributed by atoms with Crippen LogP contribution in [-0.4, -0.2) is 9.97 Å². The topological polar surface area (TPSA) is 35.0 Å². The van der Waals surface area contributed by atoms with Crippen LogP contribution in [0.4, 0.5) is 0 Å². The lowest BCUT2D eigenvalue weighted by atomic mass is 10.1. The number of aromatic nitrogens is 2. The summed E-state index contributed by atoms with van der Waals surface area (Å²) in [6.45, 7) is 0. The van der Waals surface area contributed by atoms with Crippen LogP contribution in [0.5, 0.6) is 11.6 Å². The average molecular weight is 283 g/mol. The van der Waals surface area contributed by atoms with Crippen LogP contribution < -0.4 is 4.74 Å². The van der Waals surface area contributed by atoms with Crippen LogP contribution in [0.25, 0.3) is 11.1 Å². The van der Waals surface area contributed by atoms with Crippen molar-refractivity contribution in [1.82, 2.24) is 9.97 Å². The molecule has 3 nitrogen and oxygen atoms in total. The van der Waals surface area contributed by atoms with Crippen LogP contribution in [0.15, 0.2) is 67.1 Å². The third kappa shape index (κ3) is 2.95. The van der Waals surface area contributed by atoms with E-state index in [1.54, 1.807) is 30.7 Å². The molecular formula is C16H11ClN2O. The van der Waals surface area contributed by atoms with Crippen LogP contribution >= 0.6 is 11.6 Å². The Bertz CT molecular complexity index is 699. The van der Waals surface area contributed by atoms with Crippen LogP contribution in [0, 0.1) is 0 Å². The predicted octanol–water partition coefficient (Wildman–Crippen LogP) is 4.59. The van der Waals surface area contributed by atoms with Crippen LogP contribution in [0.2, 0.25) is 5.02 Å². The molecule has 0 fully saturated rings. The minimum atomic E-state index is 0.515. The molecule has 0 unspecified atom stereocenters. The molecule has 0 aliphatic rings. The van der Waals surface area contributed by atoms with Gasteiger partial charge in [-0.1, -0.05) is 23.7 Å². The summed E-state index contributed by atoms with van der Waals surface area (Å²) in [6, 6.07) is 15.2. The second kappa shape index (κ2) is 5.72. The summed E-state index contributed by atoms with van der Waals surface area (Å²) in [5.41, 5.74) is 2.16. The van der Waals surface area contributed by atoms with Gasteiger partial charge in [-0.2, -0.15) is 0 Å². The molecule has 0 atom stereocenters. The first-order chi connectivity index (χ1) is 9.81. The van der Waals surface area contributed by atoms with Crippen molar-refractivity contribution in [3.05, 3.63) is 72.1 Å². The fourth-order valence-corrected chi connectivity index (χ4v) is 1.94. The molecule has 1 aromatic carbocycles. The van der Waals surface area contributed by atoms with Gasteiger partial charge in [-0.3, -0.25) is 4.98 Å². The molecule has 0 bridgehead atoms. The van der Waals surface area contributed by atoms with Gasteiger partial charge in [0.25, 0.3) is 0 Å². The van der Waals surface area contributed by atoms with Gasteiger partial charge < -0.3 is 4.74 Å². The fourth-order valence-electron chi connectivity index (χ4n) is 1.83. The smallest absolute Gasteiger partial charge is 0.219 e. The number of ether oxygens (including phenoxy) is 1. The minimum absolute atomic E-state index is 0.515. The number of hydrogen-bond donors (Lipinski definition) is 0. The SMILES string of the molecule is Clc1ccc(Oc2cccc(-c3ccncc3)c2)nc1. The second-order valence-corrected chi connectivity index (χ2v) is 4.62. The number of hydrogen-bond acceptors (Lipinski definition) is 3. The van der Waals surface area contributed by atoms with E-state index in [1.165, 1.54) is 0 Å². The molecule has 0 saturated carbocycles. The zero-order chi connectivity index (χ0) is 13.8. The highest BCUT2D eigenvalue weighted by molar-refractivity contribution is 6.30. The summed E-state index contributed by atoms with van der Waals surface area (Å²) in [6.07, 6.45) is 5.09. The van der Waals surface area contributed by atoms with Gasteiger partial charge in [0, 0.05) is 24.7 Å². The highest BCUT2D eigenvalue weighted by Gasteiger charge is 2.02. The van der Waals surface area contributed by atoms with Crippen molar-refractivity contribution in [2.45, 2.75) is 0 Å². The summed E-state index contributed by atoms with van der Waals surface area (Å²) in [7, 11) is 0. The Hall–Kier alpha value is -2.39. The number of rotatable bonds is 3. The van der Waals surface area contributed by atoms with E-state index in [0.29, 0.717) is 10.9 Å². The Morgan fingerprint density at radius 2 is 1.75 bits per heavy atom. The predicted molar refractivity (Wildman–Crippen MR) is 79.0 cm³/mol. The Morgan fingerprint density at radius 1 is 0.900 bits per heavy atom. The molecule has 4 heteroatoms. The van der Waals surface area contributed by atoms with Gasteiger partial charge in [-0.25, -0.2) is 4.98 Å². The van der Waals surface area contributed by atoms with Crippen molar-refractivity contribution in [3.63, 3.8) is 0 Å². The van der Waals surface area contributed by atoms with Crippen LogP contribution in [0.1, 0.15) is 0 Å². The average Bonchev–Trinajstić information content (AvgIpc) is 2.51. The first-order valence-corrected chi connectivity index (χ1v) is 6.49. The lowest BCUT2D eigenvalue weighted by Gasteiger charge is -2.07. The van der Waals surface area contributed by atoms with Crippen molar-refractivity contribution in [3.8, 4) is 22.8 Å². The van der Waals surface area contributed by atoms with Crippen molar-refractivity contribution in [2.75, 3.05) is 0 Å². The molecule has 0 amide bonds. The van der Waals surface area contributed by atoms with Crippen molar-refractivity contribution < 1.29 is 4.74 Å². The van der Waals surface area contributed by atoms with E-state index in [9.17, 15) is 0 Å². The number of benzene rings is 1. The van der Waals surface area contributed by atoms with Gasteiger partial charge >= 0.3 is 0 Å². The maximum atomic E-state index is 5.80. The Labute approximate surface area is 121 Å². The largest absolute Gasteiger partial charge is 0.439 e. The maximum absolute atomic E-state index is 5.80. The number of halogens is 1. The molecule has 2 heterocycles. The lowest BCUT2D eigenvalue weighted by molar-refractivity contribution is 0.463. The zero-order valence-electron chi connectivity index (χ0n) is 10.5. The third-order valence-electron chi connectivity index (χ3n) is 2.77. The molecule has 0 N–H and O–H groups in total. The molecule has 0 saturated heterocycles. The third-order valence-corrected chi connectivity index (χ3v) is 2.99. The quantitative estimate of drug-likeness (QED) is 0.705. The second-order valence-electron chi connectivity index (χ2n) is 4.18. The van der Waals surface area contributed by atoms with Gasteiger partial charge in [0.1, 0.15) is 5.75 Å². The molecular weight excluding hydrogens is 272 g/mol. The van der Waals surface area contributed by atoms with E-state index in [1.807, 2.05) is 36.4 Å². The summed E-state index contributed by atoms with van der Waals surface area (Å²) >= 11 is 5.80. The maximum Gasteiger partial charge on any atom is 0.219 e. The molecule has 0 aliphatic heterocycles. The summed E-state index contributed by atoms with van der Waals surface area (Å²) < 4.78 is 5.71. The van der Waals surface area contributed by atoms with Gasteiger partial charge in [-0.15, -0.1) is 0 Å². The fraction of sp³-hybridized carbons (Fsp3) is 0. The number of pyridine rings is 2. The lowest BCUT2D eigenvalue weighted by Crippen LogP contribution is -1.87. The molecule has 98 valence electrons. The van der Waals surface area contributed by atoms with Gasteiger partial charge in [0.15, 0.2) is 0 Å². The first kappa shape index (κ1) is 12.6. The van der Waals surface area contributed by atoms with Crippen molar-refractivity contribution in [1.29, 1.82) is 0 Å². The summed E-state index contributed by atoms with van der Waals surface area (Å²) in [5.74, 6) is 1.25. The molecule has 20 heavy (non-hydrogen) atoms. The van der Waals surface area contributed by atoms with E-state index in [4.69, 9.17) is 16.3 Å². The molecule has 0 radical (unpaired) electrons. The van der Waals surface area contributed by atoms with E-state index >= 15 is 0 Å². The Kier molecular flexibility index (Phi) is 3.61. The van der Waals surface area contributed by atoms with E-state index in [-0.39, 0.29) is 0 Å². The molecule has 3 rings (SSSR count). The number of nitrogens with zero attached hydrogens (tertiary/aromatic N) is 2. The zero-order valence-corrected chi connectivity index (χ0v) is 11.3. The molecule has 0 spiro atoms. The molecule has 0 aliphatic carbocycles. The highest BCUT2D eigenvalue weighted by Crippen LogP contribution is 2.26. The van der Waals surface area contributed by atoms with Gasteiger partial charge in [0.2, 0.25) is 5.88 Å². The first-order valence-electron chi connectivity index (χ1n) is 6.11.